The number of nitrogens with zero attached hydrogens (tertiary/aromatic N) is 1. The molecule has 0 aliphatic carbocycles. The first kappa shape index (κ1) is 14.5. The van der Waals surface area contributed by atoms with Gasteiger partial charge < -0.3 is 11.1 Å². The summed E-state index contributed by atoms with van der Waals surface area (Å²) in [6, 6.07) is 11.0. The Morgan fingerprint density at radius 1 is 1.30 bits per heavy atom. The summed E-state index contributed by atoms with van der Waals surface area (Å²) in [5.41, 5.74) is 7.53. The molecule has 0 aliphatic heterocycles. The number of nitrogens with two attached hydrogens (primary N) is 1. The fourth-order valence-corrected chi connectivity index (χ4v) is 1.95. The zero-order chi connectivity index (χ0) is 14.4. The molecule has 2 aromatic rings. The van der Waals surface area contributed by atoms with Gasteiger partial charge in [0.25, 0.3) is 0 Å². The second kappa shape index (κ2) is 7.03. The normalized spacial score (nSPS) is 11.9. The monoisotopic (exact) mass is 289 g/mol. The van der Waals surface area contributed by atoms with Crippen molar-refractivity contribution in [3.63, 3.8) is 0 Å². The number of anilines is 1. The number of hydrogen-bond acceptors (Lipinski definition) is 3. The molecule has 20 heavy (non-hydrogen) atoms. The van der Waals surface area contributed by atoms with Gasteiger partial charge in [0.05, 0.1) is 22.9 Å². The summed E-state index contributed by atoms with van der Waals surface area (Å²) in [6.07, 6.45) is 4.40. The van der Waals surface area contributed by atoms with Gasteiger partial charge in [0, 0.05) is 6.20 Å². The van der Waals surface area contributed by atoms with Crippen LogP contribution in [0.15, 0.2) is 48.8 Å². The van der Waals surface area contributed by atoms with E-state index in [1.165, 1.54) is 6.20 Å². The molecule has 3 N–H and O–H groups in total. The van der Waals surface area contributed by atoms with Gasteiger partial charge in [-0.25, -0.2) is 0 Å². The van der Waals surface area contributed by atoms with Crippen LogP contribution in [0.4, 0.5) is 5.69 Å². The van der Waals surface area contributed by atoms with Crippen molar-refractivity contribution in [2.24, 2.45) is 5.73 Å². The predicted octanol–water partition coefficient (Wildman–Crippen LogP) is 2.63. The molecule has 0 radical (unpaired) electrons. The molecule has 0 aliphatic rings. The van der Waals surface area contributed by atoms with Crippen molar-refractivity contribution < 1.29 is 4.79 Å². The topological polar surface area (TPSA) is 68.0 Å². The highest BCUT2D eigenvalue weighted by molar-refractivity contribution is 6.33. The molecule has 1 heterocycles. The zero-order valence-electron chi connectivity index (χ0n) is 10.9. The summed E-state index contributed by atoms with van der Waals surface area (Å²) in [4.78, 5) is 15.9. The standard InChI is InChI=1S/C15H16ClN3O/c16-12-8-9-18-10-14(12)19-15(20)13(17)7-6-11-4-2-1-3-5-11/h1-5,8-10,13H,6-7,17H2,(H,19,20). The molecule has 2 rings (SSSR count). The minimum absolute atomic E-state index is 0.254. The minimum atomic E-state index is -0.577. The van der Waals surface area contributed by atoms with Crippen LogP contribution < -0.4 is 11.1 Å². The van der Waals surface area contributed by atoms with Crippen LogP contribution in [0.5, 0.6) is 0 Å². The molecular weight excluding hydrogens is 274 g/mol. The van der Waals surface area contributed by atoms with Gasteiger partial charge in [0.2, 0.25) is 5.91 Å². The van der Waals surface area contributed by atoms with Gasteiger partial charge in [0.1, 0.15) is 0 Å². The highest BCUT2D eigenvalue weighted by atomic mass is 35.5. The third kappa shape index (κ3) is 4.05. The number of carbonyl (C=O) groups excluding carboxylic acids is 1. The second-order valence-electron chi connectivity index (χ2n) is 4.48. The summed E-state index contributed by atoms with van der Waals surface area (Å²) in [6.45, 7) is 0. The number of hydrogen-bond donors (Lipinski definition) is 2. The number of pyridine rings is 1. The number of halogens is 1. The van der Waals surface area contributed by atoms with Crippen molar-refractivity contribution in [2.75, 3.05) is 5.32 Å². The fraction of sp³-hybridized carbons (Fsp3) is 0.200. The van der Waals surface area contributed by atoms with Gasteiger partial charge in [-0.1, -0.05) is 41.9 Å². The van der Waals surface area contributed by atoms with Crippen molar-refractivity contribution in [1.29, 1.82) is 0 Å². The number of rotatable bonds is 5. The van der Waals surface area contributed by atoms with E-state index < -0.39 is 6.04 Å². The first-order chi connectivity index (χ1) is 9.66. The van der Waals surface area contributed by atoms with Crippen LogP contribution in [-0.2, 0) is 11.2 Å². The molecule has 0 saturated carbocycles. The molecule has 1 unspecified atom stereocenters. The lowest BCUT2D eigenvalue weighted by molar-refractivity contribution is -0.117. The quantitative estimate of drug-likeness (QED) is 0.889. The maximum absolute atomic E-state index is 12.0. The Kier molecular flexibility index (Phi) is 5.09. The van der Waals surface area contributed by atoms with Crippen LogP contribution in [-0.4, -0.2) is 16.9 Å². The summed E-state index contributed by atoms with van der Waals surface area (Å²) in [7, 11) is 0. The smallest absolute Gasteiger partial charge is 0.241 e. The van der Waals surface area contributed by atoms with Crippen molar-refractivity contribution in [3.05, 3.63) is 59.4 Å². The van der Waals surface area contributed by atoms with Gasteiger partial charge >= 0.3 is 0 Å². The predicted molar refractivity (Wildman–Crippen MR) is 80.6 cm³/mol. The van der Waals surface area contributed by atoms with Crippen LogP contribution in [0.25, 0.3) is 0 Å². The van der Waals surface area contributed by atoms with E-state index in [0.717, 1.165) is 12.0 Å². The number of aryl methyl sites for hydroxylation is 1. The molecule has 0 saturated heterocycles. The minimum Gasteiger partial charge on any atom is -0.322 e. The summed E-state index contributed by atoms with van der Waals surface area (Å²) in [5, 5.41) is 3.14. The summed E-state index contributed by atoms with van der Waals surface area (Å²) < 4.78 is 0. The molecular formula is C15H16ClN3O. The molecule has 5 heteroatoms. The third-order valence-electron chi connectivity index (χ3n) is 2.95. The molecule has 0 bridgehead atoms. The lowest BCUT2D eigenvalue weighted by atomic mass is 10.1. The third-order valence-corrected chi connectivity index (χ3v) is 3.28. The largest absolute Gasteiger partial charge is 0.322 e. The van der Waals surface area contributed by atoms with Crippen LogP contribution in [0.3, 0.4) is 0 Å². The molecule has 1 atom stereocenters. The number of benzene rings is 1. The molecule has 1 amide bonds. The number of aromatic nitrogens is 1. The van der Waals surface area contributed by atoms with Gasteiger partial charge in [-0.05, 0) is 24.5 Å². The molecule has 1 aromatic heterocycles. The van der Waals surface area contributed by atoms with Crippen LogP contribution in [0.1, 0.15) is 12.0 Å². The van der Waals surface area contributed by atoms with Crippen LogP contribution >= 0.6 is 11.6 Å². The van der Waals surface area contributed by atoms with E-state index >= 15 is 0 Å². The Labute approximate surface area is 123 Å². The maximum Gasteiger partial charge on any atom is 0.241 e. The second-order valence-corrected chi connectivity index (χ2v) is 4.88. The molecule has 4 nitrogen and oxygen atoms in total. The molecule has 1 aromatic carbocycles. The average Bonchev–Trinajstić information content (AvgIpc) is 2.48. The lowest BCUT2D eigenvalue weighted by Gasteiger charge is -2.12. The van der Waals surface area contributed by atoms with Crippen molar-refractivity contribution in [3.8, 4) is 0 Å². The van der Waals surface area contributed by atoms with Crippen molar-refractivity contribution in [1.82, 2.24) is 4.98 Å². The van der Waals surface area contributed by atoms with E-state index in [4.69, 9.17) is 17.3 Å². The first-order valence-corrected chi connectivity index (χ1v) is 6.74. The Morgan fingerprint density at radius 3 is 2.75 bits per heavy atom. The highest BCUT2D eigenvalue weighted by Gasteiger charge is 2.14. The molecule has 0 spiro atoms. The Bertz CT molecular complexity index is 574. The number of amides is 1. The van der Waals surface area contributed by atoms with Crippen LogP contribution in [0, 0.1) is 0 Å². The summed E-state index contributed by atoms with van der Waals surface area (Å²) >= 11 is 5.95. The highest BCUT2D eigenvalue weighted by Crippen LogP contribution is 2.19. The van der Waals surface area contributed by atoms with Gasteiger partial charge in [0.15, 0.2) is 0 Å². The molecule has 0 fully saturated rings. The van der Waals surface area contributed by atoms with E-state index in [1.807, 2.05) is 30.3 Å². The zero-order valence-corrected chi connectivity index (χ0v) is 11.7. The van der Waals surface area contributed by atoms with E-state index in [1.54, 1.807) is 12.3 Å². The van der Waals surface area contributed by atoms with Crippen molar-refractivity contribution >= 4 is 23.2 Å². The van der Waals surface area contributed by atoms with E-state index in [2.05, 4.69) is 10.3 Å². The van der Waals surface area contributed by atoms with E-state index in [-0.39, 0.29) is 5.91 Å². The van der Waals surface area contributed by atoms with Gasteiger partial charge in [-0.3, -0.25) is 9.78 Å². The Balaban J connectivity index is 1.88. The fourth-order valence-electron chi connectivity index (χ4n) is 1.79. The van der Waals surface area contributed by atoms with Gasteiger partial charge in [-0.15, -0.1) is 0 Å². The lowest BCUT2D eigenvalue weighted by Crippen LogP contribution is -2.36. The molecule has 104 valence electrons. The Morgan fingerprint density at radius 2 is 2.05 bits per heavy atom. The average molecular weight is 290 g/mol. The van der Waals surface area contributed by atoms with Crippen molar-refractivity contribution in [2.45, 2.75) is 18.9 Å². The summed E-state index contributed by atoms with van der Waals surface area (Å²) in [5.74, 6) is -0.254. The Hall–Kier alpha value is -1.91. The van der Waals surface area contributed by atoms with E-state index in [0.29, 0.717) is 17.1 Å². The number of nitrogens with one attached hydrogen (secondary N) is 1. The van der Waals surface area contributed by atoms with Gasteiger partial charge in [-0.2, -0.15) is 0 Å². The number of carbonyl (C=O) groups is 1. The van der Waals surface area contributed by atoms with E-state index in [9.17, 15) is 4.79 Å². The first-order valence-electron chi connectivity index (χ1n) is 6.36. The SMILES string of the molecule is NC(CCc1ccccc1)C(=O)Nc1cnccc1Cl. The van der Waals surface area contributed by atoms with Crippen LogP contribution in [0.2, 0.25) is 5.02 Å². The maximum atomic E-state index is 12.0.